The van der Waals surface area contributed by atoms with Crippen molar-refractivity contribution < 1.29 is 0 Å². The first-order chi connectivity index (χ1) is 33.1. The monoisotopic (exact) mass is 858 g/mol. The fourth-order valence-corrected chi connectivity index (χ4v) is 11.7. The molecule has 0 N–H and O–H groups in total. The molecule has 0 amide bonds. The molecule has 14 rings (SSSR count). The Morgan fingerprint density at radius 1 is 0.418 bits per heavy atom. The highest BCUT2D eigenvalue weighted by atomic mass is 16.1. The summed E-state index contributed by atoms with van der Waals surface area (Å²) in [5.41, 5.74) is 15.8. The van der Waals surface area contributed by atoms with Gasteiger partial charge in [-0.15, -0.1) is 0 Å². The molecule has 0 spiro atoms. The number of allylic oxidation sites excluding steroid dienone is 1. The van der Waals surface area contributed by atoms with Gasteiger partial charge in [-0.1, -0.05) is 140 Å². The van der Waals surface area contributed by atoms with Crippen molar-refractivity contribution >= 4 is 98.6 Å². The fraction of sp³-hybridized carbons (Fsp3) is 0.0484. The molecule has 0 aliphatic rings. The summed E-state index contributed by atoms with van der Waals surface area (Å²) in [5.74, 6) is 0. The van der Waals surface area contributed by atoms with Crippen molar-refractivity contribution in [3.05, 3.63) is 222 Å². The predicted octanol–water partition coefficient (Wildman–Crippen LogP) is 15.6. The van der Waals surface area contributed by atoms with E-state index >= 15 is 0 Å². The predicted molar refractivity (Wildman–Crippen MR) is 282 cm³/mol. The summed E-state index contributed by atoms with van der Waals surface area (Å²) < 4.78 is 9.29. The summed E-state index contributed by atoms with van der Waals surface area (Å²) in [6.45, 7) is 4.39. The molecule has 0 saturated carbocycles. The van der Waals surface area contributed by atoms with Crippen LogP contribution in [0.15, 0.2) is 205 Å². The van der Waals surface area contributed by atoms with E-state index in [1.165, 1.54) is 54.7 Å². The number of fused-ring (bicyclic) bond motifs is 13. The molecule has 316 valence electrons. The maximum atomic E-state index is 14.5. The molecular weight excluding hydrogens is 817 g/mol. The number of benzene rings is 9. The van der Waals surface area contributed by atoms with Crippen LogP contribution in [0.1, 0.15) is 25.1 Å². The molecular formula is C62H42N4O. The second-order valence-electron chi connectivity index (χ2n) is 17.8. The van der Waals surface area contributed by atoms with Crippen molar-refractivity contribution in [1.29, 1.82) is 0 Å². The Balaban J connectivity index is 1.01. The van der Waals surface area contributed by atoms with Crippen molar-refractivity contribution in [3.63, 3.8) is 0 Å². The van der Waals surface area contributed by atoms with Crippen LogP contribution in [0.5, 0.6) is 0 Å². The minimum absolute atomic E-state index is 0.0116. The first-order valence-corrected chi connectivity index (χ1v) is 23.2. The first kappa shape index (κ1) is 37.7. The van der Waals surface area contributed by atoms with Crippen LogP contribution in [-0.2, 0) is 6.42 Å². The molecule has 5 nitrogen and oxygen atoms in total. The van der Waals surface area contributed by atoms with Crippen molar-refractivity contribution in [2.75, 3.05) is 0 Å². The van der Waals surface area contributed by atoms with Gasteiger partial charge in [0.15, 0.2) is 0 Å². The molecule has 0 saturated heterocycles. The second-order valence-corrected chi connectivity index (χ2v) is 17.8. The topological polar surface area (TPSA) is 36.3 Å². The van der Waals surface area contributed by atoms with Gasteiger partial charge < -0.3 is 13.7 Å². The number of hydrogen-bond donors (Lipinski definition) is 0. The zero-order valence-electron chi connectivity index (χ0n) is 37.0. The van der Waals surface area contributed by atoms with Crippen LogP contribution >= 0.6 is 0 Å². The van der Waals surface area contributed by atoms with Gasteiger partial charge in [0.05, 0.1) is 38.6 Å². The summed E-state index contributed by atoms with van der Waals surface area (Å²) in [6.07, 6.45) is 5.36. The molecule has 0 atom stereocenters. The van der Waals surface area contributed by atoms with E-state index in [4.69, 9.17) is 0 Å². The Morgan fingerprint density at radius 2 is 0.985 bits per heavy atom. The molecule has 5 aromatic heterocycles. The van der Waals surface area contributed by atoms with Crippen LogP contribution in [-0.4, -0.2) is 18.1 Å². The molecule has 5 heterocycles. The lowest BCUT2D eigenvalue weighted by molar-refractivity contribution is 1.06. The summed E-state index contributed by atoms with van der Waals surface area (Å²) >= 11 is 0. The van der Waals surface area contributed by atoms with Gasteiger partial charge in [0.2, 0.25) is 0 Å². The molecule has 5 heteroatoms. The van der Waals surface area contributed by atoms with Crippen LogP contribution in [0.2, 0.25) is 0 Å². The van der Waals surface area contributed by atoms with E-state index in [1.807, 2.05) is 22.6 Å². The molecule has 0 bridgehead atoms. The minimum atomic E-state index is 0.0116. The molecule has 0 unspecified atom stereocenters. The number of hydrogen-bond acceptors (Lipinski definition) is 1. The lowest BCUT2D eigenvalue weighted by atomic mass is 9.95. The second kappa shape index (κ2) is 14.2. The highest BCUT2D eigenvalue weighted by Crippen LogP contribution is 2.44. The maximum absolute atomic E-state index is 14.5. The smallest absolute Gasteiger partial charge is 0.263 e. The molecule has 0 aliphatic heterocycles. The van der Waals surface area contributed by atoms with Gasteiger partial charge in [0, 0.05) is 76.6 Å². The molecule has 9 aromatic carbocycles. The van der Waals surface area contributed by atoms with Crippen molar-refractivity contribution in [2.24, 2.45) is 0 Å². The summed E-state index contributed by atoms with van der Waals surface area (Å²) in [5, 5.41) is 11.1. The average Bonchev–Trinajstić information content (AvgIpc) is 4.11. The summed E-state index contributed by atoms with van der Waals surface area (Å²) in [6, 6.07) is 69.7. The van der Waals surface area contributed by atoms with Crippen molar-refractivity contribution in [2.45, 2.75) is 20.3 Å². The van der Waals surface area contributed by atoms with Crippen LogP contribution in [0.3, 0.4) is 0 Å². The van der Waals surface area contributed by atoms with E-state index in [0.29, 0.717) is 0 Å². The molecule has 67 heavy (non-hydrogen) atoms. The number of rotatable bonds is 6. The number of pyridine rings is 1. The van der Waals surface area contributed by atoms with Gasteiger partial charge in [-0.05, 0) is 103 Å². The average molecular weight is 859 g/mol. The zero-order chi connectivity index (χ0) is 44.5. The Kier molecular flexibility index (Phi) is 7.97. The van der Waals surface area contributed by atoms with E-state index in [-0.39, 0.29) is 5.56 Å². The van der Waals surface area contributed by atoms with E-state index in [0.717, 1.165) is 83.6 Å². The molecule has 14 aromatic rings. The third-order valence-corrected chi connectivity index (χ3v) is 14.4. The van der Waals surface area contributed by atoms with Gasteiger partial charge in [-0.3, -0.25) is 9.20 Å². The third-order valence-electron chi connectivity index (χ3n) is 14.4. The third kappa shape index (κ3) is 5.11. The number of para-hydroxylation sites is 5. The van der Waals surface area contributed by atoms with E-state index in [1.54, 1.807) is 0 Å². The summed E-state index contributed by atoms with van der Waals surface area (Å²) in [7, 11) is 0. The fourth-order valence-electron chi connectivity index (χ4n) is 11.7. The highest BCUT2D eigenvalue weighted by molar-refractivity contribution is 6.23. The van der Waals surface area contributed by atoms with Gasteiger partial charge in [-0.25, -0.2) is 0 Å². The quantitative estimate of drug-likeness (QED) is 0.153. The zero-order valence-corrected chi connectivity index (χ0v) is 37.0. The normalized spacial score (nSPS) is 12.4. The van der Waals surface area contributed by atoms with Crippen molar-refractivity contribution in [1.82, 2.24) is 18.1 Å². The highest BCUT2D eigenvalue weighted by Gasteiger charge is 2.25. The minimum Gasteiger partial charge on any atom is -0.309 e. The van der Waals surface area contributed by atoms with Gasteiger partial charge in [0.1, 0.15) is 0 Å². The Morgan fingerprint density at radius 3 is 1.78 bits per heavy atom. The summed E-state index contributed by atoms with van der Waals surface area (Å²) in [4.78, 5) is 14.5. The lowest BCUT2D eigenvalue weighted by Crippen LogP contribution is -2.13. The lowest BCUT2D eigenvalue weighted by Gasteiger charge is -2.15. The maximum Gasteiger partial charge on any atom is 0.263 e. The van der Waals surface area contributed by atoms with Gasteiger partial charge in [0.25, 0.3) is 5.56 Å². The number of aromatic nitrogens is 4. The number of nitrogens with zero attached hydrogens (tertiary/aromatic N) is 4. The Labute approximate surface area is 385 Å². The first-order valence-electron chi connectivity index (χ1n) is 23.2. The van der Waals surface area contributed by atoms with Crippen LogP contribution in [0, 0.1) is 0 Å². The van der Waals surface area contributed by atoms with Gasteiger partial charge in [-0.2, -0.15) is 0 Å². The standard InChI is InChI=1S/C62H42N4O/c1-3-17-53-42(4-2)48-33-34-49-45-23-8-12-30-55(45)64(39-19-6-5-7-20-39)61(49)60(48)65(53)41-32-35-57-52(37-41)46-24-10-11-29-54(46)63(57)40-21-14-18-38(36-40)43-25-15-28-51-58(43)50-27-16-26-47-44-22-9-13-31-56(44)66(59(47)50)62(51)67/h3,5-37H,4H2,1-2H3/b17-3-. The molecule has 0 fully saturated rings. The van der Waals surface area contributed by atoms with Gasteiger partial charge >= 0.3 is 0 Å². The molecule has 0 radical (unpaired) electrons. The number of aryl methyl sites for hydroxylation is 1. The van der Waals surface area contributed by atoms with Crippen LogP contribution in [0.25, 0.3) is 127 Å². The van der Waals surface area contributed by atoms with Crippen LogP contribution < -0.4 is 5.56 Å². The SMILES string of the molecule is C/C=C\c1c(CC)c2ccc3c4ccccc4n(-c4ccccc4)c3c2n1-c1ccc2c(c1)c1ccccc1n2-c1cccc(-c2cccc3c(=O)n4c5ccccc5c5cccc(c23)c54)c1. The molecule has 0 aliphatic carbocycles. The Bertz CT molecular complexity index is 4460. The Hall–Kier alpha value is -8.67. The largest absolute Gasteiger partial charge is 0.309 e. The van der Waals surface area contributed by atoms with E-state index < -0.39 is 0 Å². The van der Waals surface area contributed by atoms with Crippen LogP contribution in [0.4, 0.5) is 0 Å². The van der Waals surface area contributed by atoms with Crippen molar-refractivity contribution in [3.8, 4) is 28.2 Å². The van der Waals surface area contributed by atoms with E-state index in [2.05, 4.69) is 216 Å². The van der Waals surface area contributed by atoms with E-state index in [9.17, 15) is 4.79 Å².